The van der Waals surface area contributed by atoms with E-state index in [-0.39, 0.29) is 11.8 Å². The van der Waals surface area contributed by atoms with Crippen molar-refractivity contribution in [2.24, 2.45) is 11.8 Å². The van der Waals surface area contributed by atoms with E-state index in [9.17, 15) is 14.7 Å². The Morgan fingerprint density at radius 2 is 1.78 bits per heavy atom. The van der Waals surface area contributed by atoms with Crippen LogP contribution < -0.4 is 5.32 Å². The number of carbonyl (C=O) groups is 2. The number of aliphatic carboxylic acids is 1. The normalized spacial score (nSPS) is 15.0. The second kappa shape index (κ2) is 9.30. The highest BCUT2D eigenvalue weighted by Crippen LogP contribution is 2.28. The molecule has 0 saturated heterocycles. The SMILES string of the molecule is CC(CC(C(=O)O)C(C)C(=O)NCCN(C)C)c1ccccc1. The highest BCUT2D eigenvalue weighted by Gasteiger charge is 2.31. The molecule has 1 aromatic carbocycles. The molecule has 0 aliphatic rings. The first-order valence-electron chi connectivity index (χ1n) is 8.03. The van der Waals surface area contributed by atoms with Gasteiger partial charge in [0.05, 0.1) is 5.92 Å². The molecule has 1 amide bonds. The van der Waals surface area contributed by atoms with E-state index in [0.717, 1.165) is 12.1 Å². The quantitative estimate of drug-likeness (QED) is 0.732. The molecule has 5 nitrogen and oxygen atoms in total. The van der Waals surface area contributed by atoms with Crippen molar-refractivity contribution in [2.45, 2.75) is 26.2 Å². The fraction of sp³-hybridized carbons (Fsp3) is 0.556. The standard InChI is InChI=1S/C18H28N2O3/c1-13(15-8-6-5-7-9-15)12-16(18(22)23)14(2)17(21)19-10-11-20(3)4/h5-9,13-14,16H,10-12H2,1-4H3,(H,19,21)(H,22,23). The van der Waals surface area contributed by atoms with Crippen LogP contribution in [0.1, 0.15) is 31.7 Å². The van der Waals surface area contributed by atoms with E-state index in [2.05, 4.69) is 5.32 Å². The zero-order chi connectivity index (χ0) is 17.4. The molecule has 0 heterocycles. The number of hydrogen-bond donors (Lipinski definition) is 2. The third-order valence-electron chi connectivity index (χ3n) is 4.17. The largest absolute Gasteiger partial charge is 0.481 e. The Morgan fingerprint density at radius 1 is 1.17 bits per heavy atom. The van der Waals surface area contributed by atoms with Crippen LogP contribution in [0.3, 0.4) is 0 Å². The van der Waals surface area contributed by atoms with Gasteiger partial charge in [-0.25, -0.2) is 0 Å². The van der Waals surface area contributed by atoms with Gasteiger partial charge in [0.1, 0.15) is 0 Å². The van der Waals surface area contributed by atoms with Crippen LogP contribution in [-0.2, 0) is 9.59 Å². The first-order chi connectivity index (χ1) is 10.8. The molecule has 3 unspecified atom stereocenters. The number of benzene rings is 1. The minimum absolute atomic E-state index is 0.0920. The van der Waals surface area contributed by atoms with Gasteiger partial charge < -0.3 is 15.3 Å². The van der Waals surface area contributed by atoms with Gasteiger partial charge in [0, 0.05) is 19.0 Å². The van der Waals surface area contributed by atoms with Crippen LogP contribution in [0.15, 0.2) is 30.3 Å². The Hall–Kier alpha value is -1.88. The molecule has 3 atom stereocenters. The molecule has 0 radical (unpaired) electrons. The van der Waals surface area contributed by atoms with E-state index in [1.165, 1.54) is 0 Å². The average molecular weight is 320 g/mol. The van der Waals surface area contributed by atoms with Crippen molar-refractivity contribution in [3.05, 3.63) is 35.9 Å². The van der Waals surface area contributed by atoms with Crippen LogP contribution in [0, 0.1) is 11.8 Å². The van der Waals surface area contributed by atoms with E-state index in [1.807, 2.05) is 56.3 Å². The number of likely N-dealkylation sites (N-methyl/N-ethyl adjacent to an activating group) is 1. The zero-order valence-corrected chi connectivity index (χ0v) is 14.5. The van der Waals surface area contributed by atoms with Gasteiger partial charge in [-0.1, -0.05) is 44.2 Å². The number of carbonyl (C=O) groups excluding carboxylic acids is 1. The number of hydrogen-bond acceptors (Lipinski definition) is 3. The van der Waals surface area contributed by atoms with E-state index >= 15 is 0 Å². The van der Waals surface area contributed by atoms with Gasteiger partial charge in [0.2, 0.25) is 5.91 Å². The maximum Gasteiger partial charge on any atom is 0.307 e. The highest BCUT2D eigenvalue weighted by atomic mass is 16.4. The monoisotopic (exact) mass is 320 g/mol. The van der Waals surface area contributed by atoms with Crippen molar-refractivity contribution in [1.29, 1.82) is 0 Å². The van der Waals surface area contributed by atoms with Gasteiger partial charge in [-0.2, -0.15) is 0 Å². The summed E-state index contributed by atoms with van der Waals surface area (Å²) in [7, 11) is 3.86. The fourth-order valence-electron chi connectivity index (χ4n) is 2.56. The highest BCUT2D eigenvalue weighted by molar-refractivity contribution is 5.84. The maximum atomic E-state index is 12.2. The van der Waals surface area contributed by atoms with E-state index in [0.29, 0.717) is 13.0 Å². The lowest BCUT2D eigenvalue weighted by Gasteiger charge is -2.23. The number of nitrogens with one attached hydrogen (secondary N) is 1. The zero-order valence-electron chi connectivity index (χ0n) is 14.5. The van der Waals surface area contributed by atoms with Crippen molar-refractivity contribution in [3.8, 4) is 0 Å². The molecule has 23 heavy (non-hydrogen) atoms. The first-order valence-corrected chi connectivity index (χ1v) is 8.03. The molecule has 1 aromatic rings. The number of carboxylic acids is 1. The summed E-state index contributed by atoms with van der Waals surface area (Å²) in [6, 6.07) is 9.81. The molecule has 0 bridgehead atoms. The second-order valence-electron chi connectivity index (χ2n) is 6.38. The smallest absolute Gasteiger partial charge is 0.307 e. The topological polar surface area (TPSA) is 69.6 Å². The summed E-state index contributed by atoms with van der Waals surface area (Å²) in [4.78, 5) is 25.8. The summed E-state index contributed by atoms with van der Waals surface area (Å²) >= 11 is 0. The molecule has 0 aliphatic heterocycles. The molecule has 2 N–H and O–H groups in total. The van der Waals surface area contributed by atoms with Crippen LogP contribution in [-0.4, -0.2) is 49.1 Å². The maximum absolute atomic E-state index is 12.2. The number of carboxylic acid groups (broad SMARTS) is 1. The predicted octanol–water partition coefficient (Wildman–Crippen LogP) is 2.19. The number of nitrogens with zero attached hydrogens (tertiary/aromatic N) is 1. The molecule has 128 valence electrons. The Bertz CT molecular complexity index is 502. The third-order valence-corrected chi connectivity index (χ3v) is 4.17. The van der Waals surface area contributed by atoms with Crippen molar-refractivity contribution in [3.63, 3.8) is 0 Å². The molecule has 0 aromatic heterocycles. The van der Waals surface area contributed by atoms with E-state index in [1.54, 1.807) is 6.92 Å². The van der Waals surface area contributed by atoms with Gasteiger partial charge in [0.25, 0.3) is 0 Å². The van der Waals surface area contributed by atoms with Crippen LogP contribution in [0.25, 0.3) is 0 Å². The lowest BCUT2D eigenvalue weighted by molar-refractivity contribution is -0.147. The van der Waals surface area contributed by atoms with Crippen molar-refractivity contribution in [1.82, 2.24) is 10.2 Å². The van der Waals surface area contributed by atoms with Gasteiger partial charge in [0.15, 0.2) is 0 Å². The molecule has 0 aliphatic carbocycles. The molecule has 1 rings (SSSR count). The molecule has 5 heteroatoms. The molecule has 0 saturated carbocycles. The predicted molar refractivity (Wildman–Crippen MR) is 91.3 cm³/mol. The lowest BCUT2D eigenvalue weighted by atomic mass is 9.83. The van der Waals surface area contributed by atoms with Crippen molar-refractivity contribution >= 4 is 11.9 Å². The van der Waals surface area contributed by atoms with Crippen LogP contribution >= 0.6 is 0 Å². The Labute approximate surface area is 138 Å². The Balaban J connectivity index is 2.66. The summed E-state index contributed by atoms with van der Waals surface area (Å²) in [5.74, 6) is -2.26. The van der Waals surface area contributed by atoms with E-state index < -0.39 is 17.8 Å². The molecular formula is C18H28N2O3. The summed E-state index contributed by atoms with van der Waals surface area (Å²) in [5, 5.41) is 12.3. The van der Waals surface area contributed by atoms with Gasteiger partial charge >= 0.3 is 5.97 Å². The lowest BCUT2D eigenvalue weighted by Crippen LogP contribution is -2.39. The molecular weight excluding hydrogens is 292 g/mol. The molecule has 0 fully saturated rings. The van der Waals surface area contributed by atoms with Gasteiger partial charge in [-0.3, -0.25) is 9.59 Å². The second-order valence-corrected chi connectivity index (χ2v) is 6.38. The van der Waals surface area contributed by atoms with Crippen LogP contribution in [0.2, 0.25) is 0 Å². The summed E-state index contributed by atoms with van der Waals surface area (Å²) < 4.78 is 0. The Kier molecular flexibility index (Phi) is 7.75. The summed E-state index contributed by atoms with van der Waals surface area (Å²) in [6.07, 6.45) is 0.446. The van der Waals surface area contributed by atoms with Crippen molar-refractivity contribution < 1.29 is 14.7 Å². The van der Waals surface area contributed by atoms with Crippen molar-refractivity contribution in [2.75, 3.05) is 27.2 Å². The first kappa shape index (κ1) is 19.2. The number of rotatable bonds is 9. The summed E-state index contributed by atoms with van der Waals surface area (Å²) in [5.41, 5.74) is 1.10. The summed E-state index contributed by atoms with van der Waals surface area (Å²) in [6.45, 7) is 4.96. The van der Waals surface area contributed by atoms with E-state index in [4.69, 9.17) is 0 Å². The Morgan fingerprint density at radius 3 is 2.30 bits per heavy atom. The number of amides is 1. The minimum Gasteiger partial charge on any atom is -0.481 e. The van der Waals surface area contributed by atoms with Crippen LogP contribution in [0.5, 0.6) is 0 Å². The minimum atomic E-state index is -0.914. The average Bonchev–Trinajstić information content (AvgIpc) is 2.51. The van der Waals surface area contributed by atoms with Crippen LogP contribution in [0.4, 0.5) is 0 Å². The molecule has 0 spiro atoms. The van der Waals surface area contributed by atoms with Gasteiger partial charge in [-0.15, -0.1) is 0 Å². The fourth-order valence-corrected chi connectivity index (χ4v) is 2.56. The third kappa shape index (κ3) is 6.40. The van der Waals surface area contributed by atoms with Gasteiger partial charge in [-0.05, 0) is 32.0 Å².